The van der Waals surface area contributed by atoms with Crippen molar-refractivity contribution in [2.24, 2.45) is 0 Å². The van der Waals surface area contributed by atoms with Crippen LogP contribution < -0.4 is 4.72 Å². The molecule has 0 unspecified atom stereocenters. The third-order valence-electron chi connectivity index (χ3n) is 3.69. The number of aromatic nitrogens is 1. The molecule has 2 aromatic rings. The normalized spacial score (nSPS) is 21.1. The Labute approximate surface area is 144 Å². The van der Waals surface area contributed by atoms with Gasteiger partial charge in [0.15, 0.2) is 0 Å². The fourth-order valence-corrected chi connectivity index (χ4v) is 4.71. The van der Waals surface area contributed by atoms with E-state index in [0.717, 1.165) is 5.56 Å². The van der Waals surface area contributed by atoms with Crippen molar-refractivity contribution in [1.82, 2.24) is 9.71 Å². The van der Waals surface area contributed by atoms with Gasteiger partial charge in [0.1, 0.15) is 10.1 Å². The summed E-state index contributed by atoms with van der Waals surface area (Å²) in [5.74, 6) is -0.179. The minimum absolute atomic E-state index is 0.0711. The number of sulfonamides is 1. The summed E-state index contributed by atoms with van der Waals surface area (Å²) in [6.45, 7) is 0.555. The molecule has 0 saturated heterocycles. The summed E-state index contributed by atoms with van der Waals surface area (Å²) < 4.78 is 33.1. The Balaban J connectivity index is 1.42. The molecule has 124 valence electrons. The Morgan fingerprint density at radius 1 is 1.30 bits per heavy atom. The molecular weight excluding hydrogens is 356 g/mol. The van der Waals surface area contributed by atoms with Gasteiger partial charge in [-0.15, -0.1) is 11.3 Å². The van der Waals surface area contributed by atoms with Crippen molar-refractivity contribution in [3.63, 3.8) is 0 Å². The SMILES string of the molecule is O=S(=O)(Cc1ncsc1Cl)NC1CC(OCc2ccccc2)C1. The Morgan fingerprint density at radius 3 is 2.70 bits per heavy atom. The van der Waals surface area contributed by atoms with Gasteiger partial charge in [-0.3, -0.25) is 0 Å². The van der Waals surface area contributed by atoms with Crippen LogP contribution >= 0.6 is 22.9 Å². The minimum Gasteiger partial charge on any atom is -0.373 e. The number of halogens is 1. The van der Waals surface area contributed by atoms with E-state index in [0.29, 0.717) is 29.5 Å². The molecule has 23 heavy (non-hydrogen) atoms. The smallest absolute Gasteiger partial charge is 0.217 e. The number of hydrogen-bond acceptors (Lipinski definition) is 5. The van der Waals surface area contributed by atoms with E-state index in [9.17, 15) is 8.42 Å². The van der Waals surface area contributed by atoms with E-state index in [1.165, 1.54) is 11.3 Å². The standard InChI is InChI=1S/C15H17ClN2O3S2/c16-15-14(17-10-22-15)9-23(19,20)18-12-6-13(7-12)21-8-11-4-2-1-3-5-11/h1-5,10,12-13,18H,6-9H2. The second kappa shape index (κ2) is 7.27. The Morgan fingerprint density at radius 2 is 2.04 bits per heavy atom. The van der Waals surface area contributed by atoms with Crippen LogP contribution in [0, 0.1) is 0 Å². The summed E-state index contributed by atoms with van der Waals surface area (Å²) in [7, 11) is -3.42. The van der Waals surface area contributed by atoms with Crippen molar-refractivity contribution in [2.75, 3.05) is 0 Å². The van der Waals surface area contributed by atoms with Crippen LogP contribution in [0.4, 0.5) is 0 Å². The van der Waals surface area contributed by atoms with Crippen molar-refractivity contribution in [3.05, 3.63) is 51.4 Å². The van der Waals surface area contributed by atoms with Crippen LogP contribution in [-0.2, 0) is 27.1 Å². The highest BCUT2D eigenvalue weighted by molar-refractivity contribution is 7.88. The van der Waals surface area contributed by atoms with Gasteiger partial charge in [0, 0.05) is 6.04 Å². The summed E-state index contributed by atoms with van der Waals surface area (Å²) in [6, 6.07) is 9.86. The van der Waals surface area contributed by atoms with E-state index in [2.05, 4.69) is 9.71 Å². The lowest BCUT2D eigenvalue weighted by atomic mass is 9.90. The van der Waals surface area contributed by atoms with Crippen LogP contribution in [0.1, 0.15) is 24.1 Å². The van der Waals surface area contributed by atoms with Crippen LogP contribution in [0.15, 0.2) is 35.8 Å². The molecule has 1 aliphatic carbocycles. The van der Waals surface area contributed by atoms with Crippen LogP contribution in [0.3, 0.4) is 0 Å². The van der Waals surface area contributed by atoms with E-state index in [-0.39, 0.29) is 17.9 Å². The lowest BCUT2D eigenvalue weighted by molar-refractivity contribution is -0.0220. The average molecular weight is 373 g/mol. The van der Waals surface area contributed by atoms with Crippen LogP contribution in [0.25, 0.3) is 0 Å². The highest BCUT2D eigenvalue weighted by Crippen LogP contribution is 2.26. The maximum Gasteiger partial charge on any atom is 0.217 e. The summed E-state index contributed by atoms with van der Waals surface area (Å²) in [4.78, 5) is 3.97. The van der Waals surface area contributed by atoms with Gasteiger partial charge in [-0.05, 0) is 18.4 Å². The van der Waals surface area contributed by atoms with Gasteiger partial charge < -0.3 is 4.74 Å². The molecule has 1 N–H and O–H groups in total. The number of benzene rings is 1. The molecule has 1 fully saturated rings. The molecule has 1 aliphatic rings. The fourth-order valence-electron chi connectivity index (χ4n) is 2.41. The van der Waals surface area contributed by atoms with E-state index in [4.69, 9.17) is 16.3 Å². The van der Waals surface area contributed by atoms with Crippen molar-refractivity contribution in [1.29, 1.82) is 0 Å². The summed E-state index contributed by atoms with van der Waals surface area (Å²) in [6.07, 6.45) is 1.49. The maximum absolute atomic E-state index is 12.1. The zero-order valence-electron chi connectivity index (χ0n) is 12.3. The molecule has 0 bridgehead atoms. The van der Waals surface area contributed by atoms with Gasteiger partial charge in [-0.25, -0.2) is 18.1 Å². The maximum atomic E-state index is 12.1. The van der Waals surface area contributed by atoms with E-state index >= 15 is 0 Å². The van der Waals surface area contributed by atoms with E-state index < -0.39 is 10.0 Å². The number of ether oxygens (including phenoxy) is 1. The van der Waals surface area contributed by atoms with Gasteiger partial charge in [-0.2, -0.15) is 0 Å². The molecule has 1 saturated carbocycles. The quantitative estimate of drug-likeness (QED) is 0.811. The van der Waals surface area contributed by atoms with Gasteiger partial charge >= 0.3 is 0 Å². The highest BCUT2D eigenvalue weighted by Gasteiger charge is 2.33. The monoisotopic (exact) mass is 372 g/mol. The van der Waals surface area contributed by atoms with Gasteiger partial charge in [-0.1, -0.05) is 41.9 Å². The number of nitrogens with zero attached hydrogens (tertiary/aromatic N) is 1. The van der Waals surface area contributed by atoms with E-state index in [1.54, 1.807) is 5.51 Å². The van der Waals surface area contributed by atoms with Crippen molar-refractivity contribution >= 4 is 33.0 Å². The molecule has 0 atom stereocenters. The van der Waals surface area contributed by atoms with Crippen LogP contribution in [0.2, 0.25) is 4.34 Å². The molecule has 5 nitrogen and oxygen atoms in total. The molecule has 0 radical (unpaired) electrons. The molecule has 0 spiro atoms. The number of nitrogens with one attached hydrogen (secondary N) is 1. The summed E-state index contributed by atoms with van der Waals surface area (Å²) in [5.41, 5.74) is 3.07. The summed E-state index contributed by atoms with van der Waals surface area (Å²) >= 11 is 7.13. The largest absolute Gasteiger partial charge is 0.373 e. The predicted octanol–water partition coefficient (Wildman–Crippen LogP) is 2.96. The first kappa shape index (κ1) is 16.9. The molecule has 8 heteroatoms. The van der Waals surface area contributed by atoms with Gasteiger partial charge in [0.25, 0.3) is 0 Å². The zero-order chi connectivity index (χ0) is 16.3. The lowest BCUT2D eigenvalue weighted by Gasteiger charge is -2.35. The molecule has 3 rings (SSSR count). The van der Waals surface area contributed by atoms with Crippen LogP contribution in [0.5, 0.6) is 0 Å². The third-order valence-corrected chi connectivity index (χ3v) is 6.17. The van der Waals surface area contributed by atoms with Crippen LogP contribution in [-0.4, -0.2) is 25.5 Å². The van der Waals surface area contributed by atoms with Crippen molar-refractivity contribution < 1.29 is 13.2 Å². The van der Waals surface area contributed by atoms with Gasteiger partial charge in [0.2, 0.25) is 10.0 Å². The topological polar surface area (TPSA) is 68.3 Å². The average Bonchev–Trinajstić information content (AvgIpc) is 2.87. The second-order valence-electron chi connectivity index (χ2n) is 5.54. The van der Waals surface area contributed by atoms with Crippen molar-refractivity contribution in [3.8, 4) is 0 Å². The number of rotatable bonds is 7. The first-order chi connectivity index (χ1) is 11.0. The zero-order valence-corrected chi connectivity index (χ0v) is 14.7. The second-order valence-corrected chi connectivity index (χ2v) is 8.75. The molecule has 0 amide bonds. The van der Waals surface area contributed by atoms with E-state index in [1.807, 2.05) is 30.3 Å². The third kappa shape index (κ3) is 4.74. The predicted molar refractivity (Wildman–Crippen MR) is 90.9 cm³/mol. The first-order valence-corrected chi connectivity index (χ1v) is 10.2. The highest BCUT2D eigenvalue weighted by atomic mass is 35.5. The van der Waals surface area contributed by atoms with Crippen molar-refractivity contribution in [2.45, 2.75) is 37.3 Å². The lowest BCUT2D eigenvalue weighted by Crippen LogP contribution is -2.48. The molecule has 1 aromatic heterocycles. The van der Waals surface area contributed by atoms with Gasteiger partial charge in [0.05, 0.1) is 23.9 Å². The molecule has 1 heterocycles. The first-order valence-electron chi connectivity index (χ1n) is 7.25. The summed E-state index contributed by atoms with van der Waals surface area (Å²) in [5, 5.41) is 0. The Hall–Kier alpha value is -0.990. The molecule has 1 aromatic carbocycles. The molecule has 0 aliphatic heterocycles. The Bertz CT molecular complexity index is 743. The minimum atomic E-state index is -3.42. The number of thiazole rings is 1. The molecular formula is C15H17ClN2O3S2. The number of hydrogen-bond donors (Lipinski definition) is 1. The fraction of sp³-hybridized carbons (Fsp3) is 0.400. The Kier molecular flexibility index (Phi) is 5.33.